The molecule has 1 amide bonds. The molecule has 0 fully saturated rings. The van der Waals surface area contributed by atoms with Crippen LogP contribution in [0.1, 0.15) is 47.2 Å². The largest absolute Gasteiger partial charge is 0.481 e. The number of carboxylic acids is 1. The van der Waals surface area contributed by atoms with Crippen molar-refractivity contribution in [2.24, 2.45) is 0 Å². The van der Waals surface area contributed by atoms with Crippen molar-refractivity contribution in [2.45, 2.75) is 32.1 Å². The van der Waals surface area contributed by atoms with E-state index in [1.165, 1.54) is 11.1 Å². The fourth-order valence-corrected chi connectivity index (χ4v) is 2.28. The lowest BCUT2D eigenvalue weighted by atomic mass is 9.95. The Balaban J connectivity index is 1.83. The van der Waals surface area contributed by atoms with Crippen LogP contribution in [0.3, 0.4) is 0 Å². The van der Waals surface area contributed by atoms with Gasteiger partial charge in [0, 0.05) is 18.5 Å². The van der Waals surface area contributed by atoms with Gasteiger partial charge >= 0.3 is 5.97 Å². The van der Waals surface area contributed by atoms with Gasteiger partial charge in [0.1, 0.15) is 0 Å². The van der Waals surface area contributed by atoms with E-state index in [9.17, 15) is 9.59 Å². The zero-order chi connectivity index (χ0) is 14.4. The smallest absolute Gasteiger partial charge is 0.303 e. The molecule has 0 aliphatic heterocycles. The fraction of sp³-hybridized carbons (Fsp3) is 0.375. The van der Waals surface area contributed by atoms with Gasteiger partial charge in [-0.05, 0) is 48.9 Å². The molecule has 0 radical (unpaired) electrons. The topological polar surface area (TPSA) is 66.4 Å². The minimum atomic E-state index is -0.793. The molecule has 1 aliphatic carbocycles. The van der Waals surface area contributed by atoms with Crippen LogP contribution in [-0.4, -0.2) is 23.5 Å². The summed E-state index contributed by atoms with van der Waals surface area (Å²) in [5.74, 6) is -0.878. The van der Waals surface area contributed by atoms with Crippen molar-refractivity contribution in [3.8, 4) is 0 Å². The Kier molecular flexibility index (Phi) is 4.93. The number of carboxylic acid groups (broad SMARTS) is 1. The number of amides is 1. The molecule has 0 saturated carbocycles. The minimum absolute atomic E-state index is 0.0855. The van der Waals surface area contributed by atoms with E-state index in [0.29, 0.717) is 24.9 Å². The van der Waals surface area contributed by atoms with E-state index < -0.39 is 5.97 Å². The van der Waals surface area contributed by atoms with Crippen LogP contribution in [0.15, 0.2) is 24.3 Å². The summed E-state index contributed by atoms with van der Waals surface area (Å²) in [6, 6.07) is 5.76. The van der Waals surface area contributed by atoms with Gasteiger partial charge < -0.3 is 10.4 Å². The molecular formula is C16H19NO3. The van der Waals surface area contributed by atoms with Gasteiger partial charge in [0.2, 0.25) is 0 Å². The molecule has 0 aromatic heterocycles. The lowest BCUT2D eigenvalue weighted by molar-refractivity contribution is -0.137. The lowest BCUT2D eigenvalue weighted by Gasteiger charge is -2.12. The predicted octanol–water partition coefficient (Wildman–Crippen LogP) is 2.63. The monoisotopic (exact) mass is 273 g/mol. The molecular weight excluding hydrogens is 254 g/mol. The maximum absolute atomic E-state index is 12.0. The number of rotatable bonds is 6. The Labute approximate surface area is 118 Å². The van der Waals surface area contributed by atoms with E-state index in [4.69, 9.17) is 5.11 Å². The standard InChI is InChI=1S/C16H19NO3/c18-15(19)7-3-4-10-17-16(20)14-9-8-12-5-1-2-6-13(12)11-14/h1,5,8-9,11H,2-4,6-7,10H2,(H,17,20)(H,18,19). The van der Waals surface area contributed by atoms with Crippen LogP contribution in [0.4, 0.5) is 0 Å². The first kappa shape index (κ1) is 14.3. The van der Waals surface area contributed by atoms with Gasteiger partial charge in [0.25, 0.3) is 5.91 Å². The van der Waals surface area contributed by atoms with Crippen LogP contribution < -0.4 is 5.32 Å². The van der Waals surface area contributed by atoms with E-state index in [0.717, 1.165) is 12.8 Å². The number of unbranched alkanes of at least 4 members (excludes halogenated alkanes) is 1. The molecule has 0 saturated heterocycles. The maximum Gasteiger partial charge on any atom is 0.303 e. The molecule has 2 N–H and O–H groups in total. The second-order valence-corrected chi connectivity index (χ2v) is 4.96. The summed E-state index contributed by atoms with van der Waals surface area (Å²) in [4.78, 5) is 22.3. The Bertz CT molecular complexity index is 535. The summed E-state index contributed by atoms with van der Waals surface area (Å²) in [6.07, 6.45) is 7.66. The van der Waals surface area contributed by atoms with Gasteiger partial charge in [-0.2, -0.15) is 0 Å². The van der Waals surface area contributed by atoms with Gasteiger partial charge in [0.15, 0.2) is 0 Å². The lowest BCUT2D eigenvalue weighted by Crippen LogP contribution is -2.24. The Morgan fingerprint density at radius 2 is 2.10 bits per heavy atom. The molecule has 2 rings (SSSR count). The first-order valence-electron chi connectivity index (χ1n) is 6.96. The zero-order valence-electron chi connectivity index (χ0n) is 11.4. The molecule has 0 bridgehead atoms. The minimum Gasteiger partial charge on any atom is -0.481 e. The van der Waals surface area contributed by atoms with Crippen molar-refractivity contribution in [2.75, 3.05) is 6.54 Å². The van der Waals surface area contributed by atoms with Crippen LogP contribution in [0.2, 0.25) is 0 Å². The van der Waals surface area contributed by atoms with Crippen molar-refractivity contribution >= 4 is 18.0 Å². The molecule has 0 spiro atoms. The van der Waals surface area contributed by atoms with Gasteiger partial charge in [-0.25, -0.2) is 0 Å². The fourth-order valence-electron chi connectivity index (χ4n) is 2.28. The summed E-state index contributed by atoms with van der Waals surface area (Å²) in [5, 5.41) is 11.3. The van der Waals surface area contributed by atoms with Crippen LogP contribution in [0.25, 0.3) is 6.08 Å². The van der Waals surface area contributed by atoms with Crippen LogP contribution in [-0.2, 0) is 11.2 Å². The molecule has 1 aliphatic rings. The van der Waals surface area contributed by atoms with E-state index in [2.05, 4.69) is 17.5 Å². The Morgan fingerprint density at radius 1 is 1.25 bits per heavy atom. The highest BCUT2D eigenvalue weighted by Crippen LogP contribution is 2.20. The van der Waals surface area contributed by atoms with Crippen molar-refractivity contribution in [1.29, 1.82) is 0 Å². The number of carbonyl (C=O) groups is 2. The maximum atomic E-state index is 12.0. The third kappa shape index (κ3) is 3.95. The normalized spacial score (nSPS) is 12.8. The second kappa shape index (κ2) is 6.89. The number of hydrogen-bond acceptors (Lipinski definition) is 2. The van der Waals surface area contributed by atoms with E-state index in [-0.39, 0.29) is 12.3 Å². The van der Waals surface area contributed by atoms with E-state index in [1.807, 2.05) is 18.2 Å². The average Bonchev–Trinajstić information content (AvgIpc) is 2.46. The van der Waals surface area contributed by atoms with Gasteiger partial charge in [-0.15, -0.1) is 0 Å². The number of benzene rings is 1. The summed E-state index contributed by atoms with van der Waals surface area (Å²) < 4.78 is 0. The molecule has 0 atom stereocenters. The van der Waals surface area contributed by atoms with E-state index >= 15 is 0 Å². The van der Waals surface area contributed by atoms with Crippen molar-refractivity contribution < 1.29 is 14.7 Å². The SMILES string of the molecule is O=C(O)CCCCNC(=O)c1ccc2c(c1)CCC=C2. The third-order valence-corrected chi connectivity index (χ3v) is 3.39. The zero-order valence-corrected chi connectivity index (χ0v) is 11.4. The van der Waals surface area contributed by atoms with Crippen LogP contribution >= 0.6 is 0 Å². The quantitative estimate of drug-likeness (QED) is 0.783. The molecule has 1 aromatic carbocycles. The highest BCUT2D eigenvalue weighted by Gasteiger charge is 2.10. The number of aryl methyl sites for hydroxylation is 1. The van der Waals surface area contributed by atoms with Crippen LogP contribution in [0.5, 0.6) is 0 Å². The number of carbonyl (C=O) groups excluding carboxylic acids is 1. The third-order valence-electron chi connectivity index (χ3n) is 3.39. The van der Waals surface area contributed by atoms with Gasteiger partial charge in [-0.1, -0.05) is 18.2 Å². The molecule has 20 heavy (non-hydrogen) atoms. The molecule has 1 aromatic rings. The highest BCUT2D eigenvalue weighted by molar-refractivity contribution is 5.94. The summed E-state index contributed by atoms with van der Waals surface area (Å²) >= 11 is 0. The number of hydrogen-bond donors (Lipinski definition) is 2. The summed E-state index contributed by atoms with van der Waals surface area (Å²) in [5.41, 5.74) is 3.08. The average molecular weight is 273 g/mol. The summed E-state index contributed by atoms with van der Waals surface area (Å²) in [7, 11) is 0. The predicted molar refractivity (Wildman–Crippen MR) is 77.6 cm³/mol. The Morgan fingerprint density at radius 3 is 2.90 bits per heavy atom. The second-order valence-electron chi connectivity index (χ2n) is 4.96. The number of nitrogens with one attached hydrogen (secondary N) is 1. The van der Waals surface area contributed by atoms with Crippen molar-refractivity contribution in [1.82, 2.24) is 5.32 Å². The summed E-state index contributed by atoms with van der Waals surface area (Å²) in [6.45, 7) is 0.517. The highest BCUT2D eigenvalue weighted by atomic mass is 16.4. The number of fused-ring (bicyclic) bond motifs is 1. The molecule has 0 heterocycles. The van der Waals surface area contributed by atoms with Gasteiger partial charge in [-0.3, -0.25) is 9.59 Å². The number of aliphatic carboxylic acids is 1. The van der Waals surface area contributed by atoms with E-state index in [1.54, 1.807) is 0 Å². The van der Waals surface area contributed by atoms with Gasteiger partial charge in [0.05, 0.1) is 0 Å². The van der Waals surface area contributed by atoms with Crippen LogP contribution in [0, 0.1) is 0 Å². The molecule has 106 valence electrons. The Hall–Kier alpha value is -2.10. The molecule has 4 heteroatoms. The first-order valence-corrected chi connectivity index (χ1v) is 6.96. The first-order chi connectivity index (χ1) is 9.66. The molecule has 0 unspecified atom stereocenters. The molecule has 4 nitrogen and oxygen atoms in total. The van der Waals surface area contributed by atoms with Crippen molar-refractivity contribution in [3.05, 3.63) is 41.0 Å². The van der Waals surface area contributed by atoms with Crippen molar-refractivity contribution in [3.63, 3.8) is 0 Å². The number of allylic oxidation sites excluding steroid dienone is 1.